The summed E-state index contributed by atoms with van der Waals surface area (Å²) in [4.78, 5) is 9.81. The Kier molecular flexibility index (Phi) is 6.68. The van der Waals surface area contributed by atoms with Gasteiger partial charge in [0.25, 0.3) is 5.69 Å². The molecule has 1 aliphatic heterocycles. The van der Waals surface area contributed by atoms with Crippen molar-refractivity contribution in [2.45, 2.75) is 37.6 Å². The van der Waals surface area contributed by atoms with Gasteiger partial charge in [-0.15, -0.1) is 12.4 Å². The number of nitrogens with two attached hydrogens (primary N) is 1. The first kappa shape index (κ1) is 20.8. The van der Waals surface area contributed by atoms with Crippen LogP contribution in [0.15, 0.2) is 17.0 Å². The van der Waals surface area contributed by atoms with Crippen LogP contribution in [0.2, 0.25) is 0 Å². The van der Waals surface area contributed by atoms with Gasteiger partial charge in [-0.25, -0.2) is 12.8 Å². The van der Waals surface area contributed by atoms with E-state index >= 15 is 0 Å². The van der Waals surface area contributed by atoms with Crippen molar-refractivity contribution in [3.63, 3.8) is 0 Å². The molecule has 0 bridgehead atoms. The second kappa shape index (κ2) is 7.73. The molecule has 1 aromatic rings. The zero-order chi connectivity index (χ0) is 17.4. The molecule has 2 atom stereocenters. The number of hydrogen-bond donors (Lipinski definition) is 1. The summed E-state index contributed by atoms with van der Waals surface area (Å²) in [5, 5.41) is 11.0. The Morgan fingerprint density at radius 3 is 2.62 bits per heavy atom. The summed E-state index contributed by atoms with van der Waals surface area (Å²) < 4.78 is 40.5. The highest BCUT2D eigenvalue weighted by Gasteiger charge is 2.33. The third-order valence-corrected chi connectivity index (χ3v) is 6.13. The van der Waals surface area contributed by atoms with Crippen LogP contribution >= 0.6 is 12.4 Å². The fourth-order valence-corrected chi connectivity index (χ4v) is 4.32. The van der Waals surface area contributed by atoms with Crippen molar-refractivity contribution >= 4 is 28.1 Å². The molecule has 0 radical (unpaired) electrons. The van der Waals surface area contributed by atoms with Crippen molar-refractivity contribution in [2.24, 2.45) is 11.7 Å². The van der Waals surface area contributed by atoms with E-state index in [0.29, 0.717) is 13.0 Å². The Hall–Kier alpha value is -1.29. The van der Waals surface area contributed by atoms with Crippen molar-refractivity contribution in [3.05, 3.63) is 33.6 Å². The summed E-state index contributed by atoms with van der Waals surface area (Å²) in [6.07, 6.45) is 1.48. The van der Waals surface area contributed by atoms with Crippen LogP contribution < -0.4 is 5.73 Å². The van der Waals surface area contributed by atoms with E-state index in [1.807, 2.05) is 6.92 Å². The largest absolute Gasteiger partial charge is 0.328 e. The van der Waals surface area contributed by atoms with E-state index < -0.39 is 31.3 Å². The molecule has 0 spiro atoms. The Bertz CT molecular complexity index is 727. The lowest BCUT2D eigenvalue weighted by molar-refractivity contribution is -0.385. The predicted octanol–water partition coefficient (Wildman–Crippen LogP) is 2.21. The molecule has 1 saturated heterocycles. The Morgan fingerprint density at radius 2 is 2.08 bits per heavy atom. The van der Waals surface area contributed by atoms with Crippen LogP contribution in [0.3, 0.4) is 0 Å². The topological polar surface area (TPSA) is 107 Å². The molecule has 2 unspecified atom stereocenters. The number of sulfonamides is 1. The maximum atomic E-state index is 13.9. The Morgan fingerprint density at radius 1 is 1.46 bits per heavy atom. The third-order valence-electron chi connectivity index (χ3n) is 4.29. The van der Waals surface area contributed by atoms with Gasteiger partial charge in [0.1, 0.15) is 5.82 Å². The van der Waals surface area contributed by atoms with Crippen LogP contribution in [-0.2, 0) is 10.0 Å². The van der Waals surface area contributed by atoms with Gasteiger partial charge in [0.15, 0.2) is 0 Å². The molecule has 0 amide bonds. The molecule has 2 N–H and O–H groups in total. The summed E-state index contributed by atoms with van der Waals surface area (Å²) in [5.74, 6) is -0.887. The van der Waals surface area contributed by atoms with Gasteiger partial charge in [-0.3, -0.25) is 10.1 Å². The molecule has 7 nitrogen and oxygen atoms in total. The molecule has 1 aromatic carbocycles. The van der Waals surface area contributed by atoms with E-state index in [2.05, 4.69) is 0 Å². The lowest BCUT2D eigenvalue weighted by Gasteiger charge is -2.33. The molecule has 0 saturated carbocycles. The molecule has 1 aliphatic rings. The molecule has 1 fully saturated rings. The zero-order valence-corrected chi connectivity index (χ0v) is 15.1. The number of piperidine rings is 1. The van der Waals surface area contributed by atoms with Crippen LogP contribution in [0, 0.1) is 28.8 Å². The lowest BCUT2D eigenvalue weighted by atomic mass is 9.93. The van der Waals surface area contributed by atoms with E-state index in [0.717, 1.165) is 18.6 Å². The minimum atomic E-state index is -3.99. The first-order chi connectivity index (χ1) is 10.6. The van der Waals surface area contributed by atoms with Crippen LogP contribution in [0.4, 0.5) is 10.1 Å². The quantitative estimate of drug-likeness (QED) is 0.635. The smallest absolute Gasteiger partial charge is 0.276 e. The molecule has 0 aromatic heterocycles. The van der Waals surface area contributed by atoms with Gasteiger partial charge in [-0.1, -0.05) is 0 Å². The Balaban J connectivity index is 0.00000288. The summed E-state index contributed by atoms with van der Waals surface area (Å²) in [6, 6.07) is 1.60. The standard InChI is InChI=1S/C14H20FN3O4S.ClH/c1-9-13(15)6-12(7-14(9)18(19)20)23(21,22)17-5-3-4-11(8-17)10(2)16;/h6-7,10-11H,3-5,8,16H2,1-2H3;1H. The van der Waals surface area contributed by atoms with E-state index in [9.17, 15) is 22.9 Å². The highest BCUT2D eigenvalue weighted by molar-refractivity contribution is 7.89. The van der Waals surface area contributed by atoms with Gasteiger partial charge in [-0.05, 0) is 38.7 Å². The fraction of sp³-hybridized carbons (Fsp3) is 0.571. The number of nitro groups is 1. The number of benzene rings is 1. The van der Waals surface area contributed by atoms with Crippen LogP contribution in [-0.4, -0.2) is 36.8 Å². The number of nitro benzene ring substituents is 1. The number of nitrogens with zero attached hydrogens (tertiary/aromatic N) is 2. The maximum Gasteiger partial charge on any atom is 0.276 e. The molecule has 1 heterocycles. The molecular weight excluding hydrogens is 361 g/mol. The van der Waals surface area contributed by atoms with Crippen molar-refractivity contribution in [1.29, 1.82) is 0 Å². The van der Waals surface area contributed by atoms with Crippen molar-refractivity contribution < 1.29 is 17.7 Å². The van der Waals surface area contributed by atoms with Gasteiger partial charge in [0.05, 0.1) is 15.4 Å². The summed E-state index contributed by atoms with van der Waals surface area (Å²) in [7, 11) is -3.99. The minimum absolute atomic E-state index is 0. The van der Waals surface area contributed by atoms with Gasteiger partial charge in [-0.2, -0.15) is 4.31 Å². The molecule has 0 aliphatic carbocycles. The van der Waals surface area contributed by atoms with Crippen molar-refractivity contribution in [1.82, 2.24) is 4.31 Å². The van der Waals surface area contributed by atoms with E-state index in [-0.39, 0.29) is 36.5 Å². The maximum absolute atomic E-state index is 13.9. The van der Waals surface area contributed by atoms with Gasteiger partial charge >= 0.3 is 0 Å². The molecular formula is C14H21ClFN3O4S. The number of rotatable bonds is 4. The lowest BCUT2D eigenvalue weighted by Crippen LogP contribution is -2.45. The third kappa shape index (κ3) is 4.02. The van der Waals surface area contributed by atoms with Crippen LogP contribution in [0.25, 0.3) is 0 Å². The average Bonchev–Trinajstić information content (AvgIpc) is 2.49. The van der Waals surface area contributed by atoms with Crippen molar-refractivity contribution in [2.75, 3.05) is 13.1 Å². The van der Waals surface area contributed by atoms with E-state index in [1.54, 1.807) is 0 Å². The first-order valence-electron chi connectivity index (χ1n) is 7.35. The normalized spacial score (nSPS) is 20.2. The van der Waals surface area contributed by atoms with Gasteiger partial charge < -0.3 is 5.73 Å². The number of hydrogen-bond acceptors (Lipinski definition) is 5. The zero-order valence-electron chi connectivity index (χ0n) is 13.4. The molecule has 24 heavy (non-hydrogen) atoms. The monoisotopic (exact) mass is 381 g/mol. The van der Waals surface area contributed by atoms with Gasteiger partial charge in [0, 0.05) is 25.2 Å². The second-order valence-electron chi connectivity index (χ2n) is 5.93. The SMILES string of the molecule is Cc1c(F)cc(S(=O)(=O)N2CCCC(C(C)N)C2)cc1[N+](=O)[O-].Cl. The first-order valence-corrected chi connectivity index (χ1v) is 8.79. The predicted molar refractivity (Wildman–Crippen MR) is 90.2 cm³/mol. The molecule has 10 heteroatoms. The highest BCUT2D eigenvalue weighted by atomic mass is 35.5. The van der Waals surface area contributed by atoms with Crippen LogP contribution in [0.5, 0.6) is 0 Å². The molecule has 2 rings (SSSR count). The van der Waals surface area contributed by atoms with Crippen LogP contribution in [0.1, 0.15) is 25.3 Å². The van der Waals surface area contributed by atoms with E-state index in [4.69, 9.17) is 5.73 Å². The van der Waals surface area contributed by atoms with Crippen molar-refractivity contribution in [3.8, 4) is 0 Å². The summed E-state index contributed by atoms with van der Waals surface area (Å²) in [6.45, 7) is 3.60. The molecule has 136 valence electrons. The minimum Gasteiger partial charge on any atom is -0.328 e. The second-order valence-corrected chi connectivity index (χ2v) is 7.87. The Labute approximate surface area is 146 Å². The van der Waals surface area contributed by atoms with E-state index in [1.165, 1.54) is 11.2 Å². The van der Waals surface area contributed by atoms with Gasteiger partial charge in [0.2, 0.25) is 10.0 Å². The average molecular weight is 382 g/mol. The number of halogens is 2. The summed E-state index contributed by atoms with van der Waals surface area (Å²) >= 11 is 0. The fourth-order valence-electron chi connectivity index (χ4n) is 2.75. The summed E-state index contributed by atoms with van der Waals surface area (Å²) in [5.41, 5.74) is 5.13. The highest BCUT2D eigenvalue weighted by Crippen LogP contribution is 2.29.